The van der Waals surface area contributed by atoms with Crippen molar-refractivity contribution in [3.05, 3.63) is 29.8 Å². The van der Waals surface area contributed by atoms with Crippen LogP contribution < -0.4 is 10.0 Å². The molecule has 0 saturated heterocycles. The Morgan fingerprint density at radius 1 is 1.14 bits per heavy atom. The van der Waals surface area contributed by atoms with Gasteiger partial charge < -0.3 is 5.32 Å². The number of nitrogens with one attached hydrogen (secondary N) is 2. The third kappa shape index (κ3) is 4.80. The first-order valence-electron chi connectivity index (χ1n) is 7.65. The molecule has 120 valence electrons. The number of benzene rings is 1. The zero-order chi connectivity index (χ0) is 16.0. The highest BCUT2D eigenvalue weighted by Crippen LogP contribution is 2.19. The molecule has 1 aromatic carbocycles. The van der Waals surface area contributed by atoms with Gasteiger partial charge in [0.2, 0.25) is 10.0 Å². The first-order chi connectivity index (χ1) is 9.85. The molecule has 0 aliphatic rings. The summed E-state index contributed by atoms with van der Waals surface area (Å²) >= 11 is 0. The van der Waals surface area contributed by atoms with Gasteiger partial charge in [-0.25, -0.2) is 13.1 Å². The maximum absolute atomic E-state index is 12.5. The highest BCUT2D eigenvalue weighted by atomic mass is 32.2. The molecular formula is C16H28N2O2S. The van der Waals surface area contributed by atoms with Crippen molar-refractivity contribution in [1.82, 2.24) is 10.0 Å². The normalized spacial score (nSPS) is 15.1. The number of rotatable bonds is 8. The smallest absolute Gasteiger partial charge is 0.240 e. The van der Waals surface area contributed by atoms with Crippen molar-refractivity contribution in [3.63, 3.8) is 0 Å². The molecule has 5 heteroatoms. The van der Waals surface area contributed by atoms with Crippen molar-refractivity contribution >= 4 is 10.0 Å². The molecule has 2 atom stereocenters. The second-order valence-electron chi connectivity index (χ2n) is 5.57. The van der Waals surface area contributed by atoms with E-state index in [-0.39, 0.29) is 12.1 Å². The van der Waals surface area contributed by atoms with Crippen LogP contribution in [-0.4, -0.2) is 21.5 Å². The summed E-state index contributed by atoms with van der Waals surface area (Å²) in [5, 5.41) is 3.12. The van der Waals surface area contributed by atoms with Gasteiger partial charge >= 0.3 is 0 Å². The summed E-state index contributed by atoms with van der Waals surface area (Å²) in [6, 6.07) is 7.17. The average molecular weight is 312 g/mol. The van der Waals surface area contributed by atoms with Gasteiger partial charge in [-0.3, -0.25) is 0 Å². The molecule has 0 spiro atoms. The molecule has 0 heterocycles. The summed E-state index contributed by atoms with van der Waals surface area (Å²) < 4.78 is 27.8. The quantitative estimate of drug-likeness (QED) is 0.775. The lowest BCUT2D eigenvalue weighted by molar-refractivity contribution is 0.390. The first kappa shape index (κ1) is 18.1. The molecule has 21 heavy (non-hydrogen) atoms. The van der Waals surface area contributed by atoms with Crippen LogP contribution in [0, 0.1) is 5.92 Å². The van der Waals surface area contributed by atoms with Gasteiger partial charge in [-0.1, -0.05) is 38.8 Å². The number of sulfonamides is 1. The SMILES string of the molecule is CCC(CC)C(C)NS(=O)(=O)c1cccc(C(C)NC)c1. The highest BCUT2D eigenvalue weighted by molar-refractivity contribution is 7.89. The molecule has 0 aliphatic heterocycles. The largest absolute Gasteiger partial charge is 0.313 e. The van der Waals surface area contributed by atoms with E-state index >= 15 is 0 Å². The minimum atomic E-state index is -3.47. The fourth-order valence-corrected chi connectivity index (χ4v) is 3.89. The molecule has 2 N–H and O–H groups in total. The predicted octanol–water partition coefficient (Wildman–Crippen LogP) is 3.07. The molecule has 0 amide bonds. The molecule has 0 saturated carbocycles. The van der Waals surface area contributed by atoms with Crippen LogP contribution in [0.15, 0.2) is 29.2 Å². The fraction of sp³-hybridized carbons (Fsp3) is 0.625. The zero-order valence-corrected chi connectivity index (χ0v) is 14.5. The van der Waals surface area contributed by atoms with Gasteiger partial charge in [0, 0.05) is 12.1 Å². The van der Waals surface area contributed by atoms with Crippen LogP contribution >= 0.6 is 0 Å². The molecule has 1 rings (SSSR count). The predicted molar refractivity (Wildman–Crippen MR) is 87.8 cm³/mol. The molecule has 0 fully saturated rings. The summed E-state index contributed by atoms with van der Waals surface area (Å²) in [5.74, 6) is 0.360. The lowest BCUT2D eigenvalue weighted by Gasteiger charge is -2.22. The molecule has 0 bridgehead atoms. The van der Waals surface area contributed by atoms with E-state index < -0.39 is 10.0 Å². The van der Waals surface area contributed by atoms with E-state index in [1.165, 1.54) is 0 Å². The fourth-order valence-electron chi connectivity index (χ4n) is 2.52. The molecule has 0 aliphatic carbocycles. The molecule has 4 nitrogen and oxygen atoms in total. The van der Waals surface area contributed by atoms with E-state index in [4.69, 9.17) is 0 Å². The van der Waals surface area contributed by atoms with Crippen LogP contribution in [0.25, 0.3) is 0 Å². The molecular weight excluding hydrogens is 284 g/mol. The molecule has 1 aromatic rings. The van der Waals surface area contributed by atoms with E-state index in [1.807, 2.05) is 27.0 Å². The van der Waals surface area contributed by atoms with Crippen molar-refractivity contribution in [3.8, 4) is 0 Å². The lowest BCUT2D eigenvalue weighted by Crippen LogP contribution is -2.37. The standard InChI is InChI=1S/C16H28N2O2S/c1-6-14(7-2)13(4)18-21(19,20)16-10-8-9-15(11-16)12(3)17-5/h8-14,17-18H,6-7H2,1-5H3. The lowest BCUT2D eigenvalue weighted by atomic mass is 9.96. The Morgan fingerprint density at radius 3 is 2.29 bits per heavy atom. The van der Waals surface area contributed by atoms with E-state index in [0.717, 1.165) is 18.4 Å². The van der Waals surface area contributed by atoms with Crippen LogP contribution in [0.1, 0.15) is 52.1 Å². The van der Waals surface area contributed by atoms with Crippen molar-refractivity contribution < 1.29 is 8.42 Å². The second kappa shape index (κ2) is 7.92. The summed E-state index contributed by atoms with van der Waals surface area (Å²) in [6.45, 7) is 8.13. The van der Waals surface area contributed by atoms with Gasteiger partial charge in [-0.2, -0.15) is 0 Å². The van der Waals surface area contributed by atoms with Gasteiger partial charge in [0.15, 0.2) is 0 Å². The molecule has 0 radical (unpaired) electrons. The minimum Gasteiger partial charge on any atom is -0.313 e. The Hall–Kier alpha value is -0.910. The van der Waals surface area contributed by atoms with Crippen molar-refractivity contribution in [2.45, 2.75) is 57.5 Å². The van der Waals surface area contributed by atoms with Gasteiger partial charge in [0.05, 0.1) is 4.90 Å². The second-order valence-corrected chi connectivity index (χ2v) is 7.28. The zero-order valence-electron chi connectivity index (χ0n) is 13.7. The summed E-state index contributed by atoms with van der Waals surface area (Å²) in [4.78, 5) is 0.333. The summed E-state index contributed by atoms with van der Waals surface area (Å²) in [6.07, 6.45) is 1.94. The Labute approximate surface area is 129 Å². The van der Waals surface area contributed by atoms with E-state index in [9.17, 15) is 8.42 Å². The topological polar surface area (TPSA) is 58.2 Å². The van der Waals surface area contributed by atoms with Crippen LogP contribution in [0.5, 0.6) is 0 Å². The monoisotopic (exact) mass is 312 g/mol. The third-order valence-corrected chi connectivity index (χ3v) is 5.75. The van der Waals surface area contributed by atoms with Gasteiger partial charge in [0.1, 0.15) is 0 Å². The van der Waals surface area contributed by atoms with Gasteiger partial charge in [-0.05, 0) is 44.5 Å². The van der Waals surface area contributed by atoms with Crippen molar-refractivity contribution in [2.24, 2.45) is 5.92 Å². The Morgan fingerprint density at radius 2 is 1.76 bits per heavy atom. The van der Waals surface area contributed by atoms with Crippen LogP contribution in [-0.2, 0) is 10.0 Å². The van der Waals surface area contributed by atoms with E-state index in [1.54, 1.807) is 18.2 Å². The summed E-state index contributed by atoms with van der Waals surface area (Å²) in [5.41, 5.74) is 0.968. The van der Waals surface area contributed by atoms with Crippen LogP contribution in [0.3, 0.4) is 0 Å². The van der Waals surface area contributed by atoms with Gasteiger partial charge in [0.25, 0.3) is 0 Å². The third-order valence-electron chi connectivity index (χ3n) is 4.20. The minimum absolute atomic E-state index is 0.0598. The molecule has 0 aromatic heterocycles. The van der Waals surface area contributed by atoms with Crippen molar-refractivity contribution in [2.75, 3.05) is 7.05 Å². The summed E-state index contributed by atoms with van der Waals surface area (Å²) in [7, 11) is -1.61. The Bertz CT molecular complexity index is 539. The van der Waals surface area contributed by atoms with E-state index in [2.05, 4.69) is 23.9 Å². The first-order valence-corrected chi connectivity index (χ1v) is 9.13. The highest BCUT2D eigenvalue weighted by Gasteiger charge is 2.22. The molecule has 2 unspecified atom stereocenters. The number of hydrogen-bond donors (Lipinski definition) is 2. The van der Waals surface area contributed by atoms with Crippen LogP contribution in [0.4, 0.5) is 0 Å². The van der Waals surface area contributed by atoms with Crippen LogP contribution in [0.2, 0.25) is 0 Å². The van der Waals surface area contributed by atoms with E-state index in [0.29, 0.717) is 10.8 Å². The van der Waals surface area contributed by atoms with Crippen molar-refractivity contribution in [1.29, 1.82) is 0 Å². The average Bonchev–Trinajstić information content (AvgIpc) is 2.47. The number of hydrogen-bond acceptors (Lipinski definition) is 3. The van der Waals surface area contributed by atoms with Gasteiger partial charge in [-0.15, -0.1) is 0 Å². The maximum atomic E-state index is 12.5. The maximum Gasteiger partial charge on any atom is 0.240 e. The Balaban J connectivity index is 2.98. The Kier molecular flexibility index (Phi) is 6.84.